The molecule has 1 aliphatic carbocycles. The van der Waals surface area contributed by atoms with E-state index in [2.05, 4.69) is 34.3 Å². The van der Waals surface area contributed by atoms with Crippen molar-refractivity contribution in [3.8, 4) is 0 Å². The lowest BCUT2D eigenvalue weighted by atomic mass is 9.97. The zero-order valence-corrected chi connectivity index (χ0v) is 17.1. The van der Waals surface area contributed by atoms with E-state index in [1.165, 1.54) is 51.6 Å². The molecular formula is C21H23N3OS2. The number of benzene rings is 1. The first kappa shape index (κ1) is 18.4. The molecule has 2 aromatic heterocycles. The predicted molar refractivity (Wildman–Crippen MR) is 113 cm³/mol. The molecule has 0 unspecified atom stereocenters. The van der Waals surface area contributed by atoms with Crippen LogP contribution < -0.4 is 5.32 Å². The molecule has 1 N–H and O–H groups in total. The van der Waals surface area contributed by atoms with Gasteiger partial charge in [-0.2, -0.15) is 0 Å². The van der Waals surface area contributed by atoms with Crippen LogP contribution in [-0.4, -0.2) is 28.2 Å². The van der Waals surface area contributed by atoms with Crippen LogP contribution in [0.15, 0.2) is 35.6 Å². The smallest absolute Gasteiger partial charge is 0.230 e. The maximum atomic E-state index is 12.3. The summed E-state index contributed by atoms with van der Waals surface area (Å²) in [6, 6.07) is 8.31. The Kier molecular flexibility index (Phi) is 5.74. The molecule has 0 saturated carbocycles. The number of amides is 1. The van der Waals surface area contributed by atoms with Crippen molar-refractivity contribution in [2.45, 2.75) is 44.1 Å². The molecular weight excluding hydrogens is 374 g/mol. The quantitative estimate of drug-likeness (QED) is 0.497. The minimum absolute atomic E-state index is 0.0597. The molecule has 0 atom stereocenters. The van der Waals surface area contributed by atoms with Crippen LogP contribution in [0.2, 0.25) is 0 Å². The van der Waals surface area contributed by atoms with Gasteiger partial charge in [0.2, 0.25) is 5.91 Å². The third-order valence-corrected chi connectivity index (χ3v) is 7.22. The maximum absolute atomic E-state index is 12.3. The second-order valence-electron chi connectivity index (χ2n) is 6.88. The van der Waals surface area contributed by atoms with Gasteiger partial charge in [0.05, 0.1) is 5.75 Å². The summed E-state index contributed by atoms with van der Waals surface area (Å²) in [6.45, 7) is 2.77. The molecule has 0 radical (unpaired) electrons. The summed E-state index contributed by atoms with van der Waals surface area (Å²) in [5.41, 5.74) is 3.98. The second kappa shape index (κ2) is 8.40. The summed E-state index contributed by atoms with van der Waals surface area (Å²) >= 11 is 3.32. The lowest BCUT2D eigenvalue weighted by molar-refractivity contribution is -0.118. The fourth-order valence-electron chi connectivity index (χ4n) is 3.58. The van der Waals surface area contributed by atoms with Gasteiger partial charge in [0.25, 0.3) is 0 Å². The molecule has 0 saturated heterocycles. The Morgan fingerprint density at radius 3 is 2.96 bits per heavy atom. The van der Waals surface area contributed by atoms with Crippen LogP contribution in [0.25, 0.3) is 10.2 Å². The van der Waals surface area contributed by atoms with Crippen LogP contribution in [0.4, 0.5) is 0 Å². The maximum Gasteiger partial charge on any atom is 0.230 e. The molecule has 0 aliphatic heterocycles. The molecule has 3 aromatic rings. The van der Waals surface area contributed by atoms with E-state index in [0.717, 1.165) is 29.1 Å². The van der Waals surface area contributed by atoms with E-state index in [4.69, 9.17) is 0 Å². The summed E-state index contributed by atoms with van der Waals surface area (Å²) in [7, 11) is 0. The van der Waals surface area contributed by atoms with Crippen LogP contribution >= 0.6 is 23.1 Å². The number of rotatable bonds is 6. The van der Waals surface area contributed by atoms with Crippen LogP contribution in [0, 0.1) is 6.92 Å². The van der Waals surface area contributed by atoms with Crippen molar-refractivity contribution in [2.75, 3.05) is 12.3 Å². The third kappa shape index (κ3) is 4.17. The molecule has 0 bridgehead atoms. The monoisotopic (exact) mass is 397 g/mol. The van der Waals surface area contributed by atoms with E-state index < -0.39 is 0 Å². The number of thiophene rings is 1. The van der Waals surface area contributed by atoms with Crippen LogP contribution in [0.1, 0.15) is 34.4 Å². The Hall–Kier alpha value is -1.92. The molecule has 2 heterocycles. The van der Waals surface area contributed by atoms with E-state index in [1.807, 2.05) is 12.1 Å². The summed E-state index contributed by atoms with van der Waals surface area (Å²) in [5, 5.41) is 5.17. The van der Waals surface area contributed by atoms with Gasteiger partial charge in [-0.1, -0.05) is 36.0 Å². The Morgan fingerprint density at radius 2 is 2.07 bits per heavy atom. The minimum Gasteiger partial charge on any atom is -0.355 e. The van der Waals surface area contributed by atoms with Crippen LogP contribution in [0.5, 0.6) is 0 Å². The van der Waals surface area contributed by atoms with Crippen molar-refractivity contribution in [1.82, 2.24) is 15.3 Å². The van der Waals surface area contributed by atoms with Gasteiger partial charge in [0.15, 0.2) is 0 Å². The molecule has 0 fully saturated rings. The number of aromatic nitrogens is 2. The van der Waals surface area contributed by atoms with Crippen molar-refractivity contribution in [3.05, 3.63) is 52.2 Å². The van der Waals surface area contributed by atoms with Gasteiger partial charge >= 0.3 is 0 Å². The molecule has 1 amide bonds. The van der Waals surface area contributed by atoms with Gasteiger partial charge < -0.3 is 5.32 Å². The van der Waals surface area contributed by atoms with Gasteiger partial charge in [-0.15, -0.1) is 11.3 Å². The van der Waals surface area contributed by atoms with Crippen molar-refractivity contribution in [1.29, 1.82) is 0 Å². The molecule has 6 heteroatoms. The molecule has 1 aromatic carbocycles. The minimum atomic E-state index is 0.0597. The molecule has 4 rings (SSSR count). The molecule has 140 valence electrons. The Labute approximate surface area is 167 Å². The molecule has 27 heavy (non-hydrogen) atoms. The number of carbonyl (C=O) groups is 1. The third-order valence-electron chi connectivity index (χ3n) is 5.03. The molecule has 4 nitrogen and oxygen atoms in total. The summed E-state index contributed by atoms with van der Waals surface area (Å²) in [4.78, 5) is 23.7. The zero-order valence-electron chi connectivity index (χ0n) is 15.5. The highest BCUT2D eigenvalue weighted by molar-refractivity contribution is 8.00. The van der Waals surface area contributed by atoms with Gasteiger partial charge in [0, 0.05) is 16.8 Å². The normalized spacial score (nSPS) is 13.5. The zero-order chi connectivity index (χ0) is 18.6. The first-order chi connectivity index (χ1) is 13.2. The van der Waals surface area contributed by atoms with Crippen LogP contribution in [-0.2, 0) is 24.1 Å². The number of nitrogens with zero attached hydrogens (tertiary/aromatic N) is 2. The van der Waals surface area contributed by atoms with Gasteiger partial charge in [-0.25, -0.2) is 9.97 Å². The summed E-state index contributed by atoms with van der Waals surface area (Å²) < 4.78 is 0. The number of fused-ring (bicyclic) bond motifs is 3. The fourth-order valence-corrected chi connectivity index (χ4v) is 5.73. The van der Waals surface area contributed by atoms with E-state index in [-0.39, 0.29) is 5.91 Å². The van der Waals surface area contributed by atoms with E-state index >= 15 is 0 Å². The number of nitrogens with one attached hydrogen (secondary N) is 1. The Balaban J connectivity index is 1.36. The second-order valence-corrected chi connectivity index (χ2v) is 8.93. The topological polar surface area (TPSA) is 54.9 Å². The highest BCUT2D eigenvalue weighted by atomic mass is 32.2. The summed E-state index contributed by atoms with van der Waals surface area (Å²) in [6.07, 6.45) is 7.25. The van der Waals surface area contributed by atoms with Gasteiger partial charge in [-0.05, 0) is 55.7 Å². The average Bonchev–Trinajstić information content (AvgIpc) is 3.07. The number of carbonyl (C=O) groups excluding carboxylic acids is 1. The number of hydrogen-bond donors (Lipinski definition) is 1. The summed E-state index contributed by atoms with van der Waals surface area (Å²) in [5.74, 6) is 0.453. The lowest BCUT2D eigenvalue weighted by Gasteiger charge is -2.11. The highest BCUT2D eigenvalue weighted by Gasteiger charge is 2.20. The molecule has 1 aliphatic rings. The highest BCUT2D eigenvalue weighted by Crippen LogP contribution is 2.39. The first-order valence-corrected chi connectivity index (χ1v) is 11.2. The predicted octanol–water partition coefficient (Wildman–Crippen LogP) is 4.33. The Bertz CT molecular complexity index is 967. The average molecular weight is 398 g/mol. The Morgan fingerprint density at radius 1 is 1.22 bits per heavy atom. The first-order valence-electron chi connectivity index (χ1n) is 9.41. The SMILES string of the molecule is Cc1ccccc1CCNC(=O)CSc1ncnc2sc3c(c12)CCCC3. The van der Waals surface area contributed by atoms with Crippen molar-refractivity contribution in [2.24, 2.45) is 0 Å². The van der Waals surface area contributed by atoms with Crippen LogP contribution in [0.3, 0.4) is 0 Å². The largest absolute Gasteiger partial charge is 0.355 e. The number of thioether (sulfide) groups is 1. The van der Waals surface area contributed by atoms with Crippen molar-refractivity contribution in [3.63, 3.8) is 0 Å². The standard InChI is InChI=1S/C21H23N3OS2/c1-14-6-2-3-7-15(14)10-11-22-18(25)12-26-20-19-16-8-4-5-9-17(16)27-21(19)24-13-23-20/h2-3,6-7,13H,4-5,8-12H2,1H3,(H,22,25). The molecule has 0 spiro atoms. The van der Waals surface area contributed by atoms with Gasteiger partial charge in [0.1, 0.15) is 16.2 Å². The fraction of sp³-hybridized carbons (Fsp3) is 0.381. The van der Waals surface area contributed by atoms with E-state index in [1.54, 1.807) is 17.7 Å². The lowest BCUT2D eigenvalue weighted by Crippen LogP contribution is -2.27. The van der Waals surface area contributed by atoms with E-state index in [0.29, 0.717) is 12.3 Å². The van der Waals surface area contributed by atoms with E-state index in [9.17, 15) is 4.79 Å². The van der Waals surface area contributed by atoms with Crippen molar-refractivity contribution >= 4 is 39.2 Å². The number of aryl methyl sites for hydroxylation is 3. The van der Waals surface area contributed by atoms with Gasteiger partial charge in [-0.3, -0.25) is 4.79 Å². The van der Waals surface area contributed by atoms with Crippen molar-refractivity contribution < 1.29 is 4.79 Å². The number of hydrogen-bond acceptors (Lipinski definition) is 5.